The van der Waals surface area contributed by atoms with Crippen molar-refractivity contribution in [1.82, 2.24) is 5.32 Å². The molecule has 1 aromatic rings. The Labute approximate surface area is 123 Å². The zero-order valence-electron chi connectivity index (χ0n) is 12.9. The van der Waals surface area contributed by atoms with Gasteiger partial charge in [-0.05, 0) is 44.5 Å². The van der Waals surface area contributed by atoms with Crippen LogP contribution in [-0.4, -0.2) is 33.4 Å². The fourth-order valence-corrected chi connectivity index (χ4v) is 1.96. The van der Waals surface area contributed by atoms with Crippen LogP contribution in [0.5, 0.6) is 5.75 Å². The van der Waals surface area contributed by atoms with Crippen molar-refractivity contribution in [2.45, 2.75) is 26.7 Å². The lowest BCUT2D eigenvalue weighted by atomic mass is 10.1. The number of para-hydroxylation sites is 1. The van der Waals surface area contributed by atoms with Crippen LogP contribution in [0.25, 0.3) is 5.57 Å². The van der Waals surface area contributed by atoms with Crippen LogP contribution in [0, 0.1) is 0 Å². The number of methoxy groups -OCH3 is 1. The molecular formula is C17H27NO2. The van der Waals surface area contributed by atoms with Gasteiger partial charge in [0.05, 0.1) is 6.61 Å². The van der Waals surface area contributed by atoms with E-state index in [1.807, 2.05) is 18.2 Å². The van der Waals surface area contributed by atoms with Crippen LogP contribution in [-0.2, 0) is 4.74 Å². The summed E-state index contributed by atoms with van der Waals surface area (Å²) < 4.78 is 10.8. The minimum Gasteiger partial charge on any atom is -0.491 e. The average molecular weight is 277 g/mol. The van der Waals surface area contributed by atoms with Gasteiger partial charge in [0.1, 0.15) is 12.4 Å². The van der Waals surface area contributed by atoms with Crippen LogP contribution in [0.3, 0.4) is 0 Å². The molecule has 0 aliphatic carbocycles. The lowest BCUT2D eigenvalue weighted by molar-refractivity contribution is 0.146. The minimum absolute atomic E-state index is 0.582. The maximum Gasteiger partial charge on any atom is 0.126 e. The Balaban J connectivity index is 2.57. The van der Waals surface area contributed by atoms with Gasteiger partial charge in [-0.15, -0.1) is 0 Å². The van der Waals surface area contributed by atoms with Crippen LogP contribution in [0.15, 0.2) is 30.3 Å². The van der Waals surface area contributed by atoms with Crippen LogP contribution in [0.1, 0.15) is 32.3 Å². The van der Waals surface area contributed by atoms with Crippen LogP contribution in [0.4, 0.5) is 0 Å². The monoisotopic (exact) mass is 277 g/mol. The minimum atomic E-state index is 0.582. The maximum atomic E-state index is 5.76. The molecule has 1 aromatic carbocycles. The van der Waals surface area contributed by atoms with E-state index in [1.54, 1.807) is 7.11 Å². The molecule has 0 unspecified atom stereocenters. The predicted octanol–water partition coefficient (Wildman–Crippen LogP) is 3.50. The first-order valence-corrected chi connectivity index (χ1v) is 7.38. The van der Waals surface area contributed by atoms with Crippen molar-refractivity contribution in [2.75, 3.05) is 33.4 Å². The summed E-state index contributed by atoms with van der Waals surface area (Å²) in [4.78, 5) is 0. The molecule has 0 atom stereocenters. The molecule has 0 amide bonds. The van der Waals surface area contributed by atoms with Gasteiger partial charge in [0, 0.05) is 12.7 Å². The van der Waals surface area contributed by atoms with E-state index in [-0.39, 0.29) is 0 Å². The second-order valence-electron chi connectivity index (χ2n) is 4.76. The SMILES string of the molecule is CCCNCC/C=C(/C)c1ccccc1OCCOC. The molecule has 3 heteroatoms. The second kappa shape index (κ2) is 10.5. The summed E-state index contributed by atoms with van der Waals surface area (Å²) in [5, 5.41) is 3.41. The standard InChI is InChI=1S/C17H27NO2/c1-4-11-18-12-7-8-15(2)16-9-5-6-10-17(16)20-14-13-19-3/h5-6,8-10,18H,4,7,11-14H2,1-3H3/b15-8-. The summed E-state index contributed by atoms with van der Waals surface area (Å²) in [5.41, 5.74) is 2.43. The molecule has 0 aliphatic heterocycles. The molecule has 0 aliphatic rings. The zero-order chi connectivity index (χ0) is 14.6. The normalized spacial score (nSPS) is 11.7. The van der Waals surface area contributed by atoms with E-state index in [4.69, 9.17) is 9.47 Å². The molecule has 0 fully saturated rings. The Kier molecular flexibility index (Phi) is 8.76. The first-order valence-electron chi connectivity index (χ1n) is 7.38. The molecule has 1 N–H and O–H groups in total. The Morgan fingerprint density at radius 2 is 2.00 bits per heavy atom. The van der Waals surface area contributed by atoms with Crippen LogP contribution in [0.2, 0.25) is 0 Å². The van der Waals surface area contributed by atoms with Crippen molar-refractivity contribution in [1.29, 1.82) is 0 Å². The largest absolute Gasteiger partial charge is 0.491 e. The highest BCUT2D eigenvalue weighted by molar-refractivity contribution is 5.68. The molecule has 3 nitrogen and oxygen atoms in total. The number of allylic oxidation sites excluding steroid dienone is 1. The third-order valence-corrected chi connectivity index (χ3v) is 3.06. The molecule has 112 valence electrons. The molecule has 0 saturated carbocycles. The summed E-state index contributed by atoms with van der Waals surface area (Å²) in [7, 11) is 1.68. The number of nitrogens with one attached hydrogen (secondary N) is 1. The molecule has 0 saturated heterocycles. The number of rotatable bonds is 10. The first kappa shape index (κ1) is 16.7. The van der Waals surface area contributed by atoms with Crippen molar-refractivity contribution in [3.8, 4) is 5.75 Å². The van der Waals surface area contributed by atoms with Gasteiger partial charge in [0.15, 0.2) is 0 Å². The first-order chi connectivity index (χ1) is 9.79. The molecule has 0 aromatic heterocycles. The van der Waals surface area contributed by atoms with E-state index in [1.165, 1.54) is 17.6 Å². The van der Waals surface area contributed by atoms with E-state index in [9.17, 15) is 0 Å². The Hall–Kier alpha value is -1.32. The Bertz CT molecular complexity index is 402. The maximum absolute atomic E-state index is 5.76. The van der Waals surface area contributed by atoms with Gasteiger partial charge >= 0.3 is 0 Å². The Morgan fingerprint density at radius 3 is 2.75 bits per heavy atom. The number of benzene rings is 1. The van der Waals surface area contributed by atoms with Gasteiger partial charge < -0.3 is 14.8 Å². The van der Waals surface area contributed by atoms with Crippen molar-refractivity contribution in [3.63, 3.8) is 0 Å². The van der Waals surface area contributed by atoms with Gasteiger partial charge in [0.25, 0.3) is 0 Å². The van der Waals surface area contributed by atoms with Crippen molar-refractivity contribution in [3.05, 3.63) is 35.9 Å². The fraction of sp³-hybridized carbons (Fsp3) is 0.529. The molecule has 0 radical (unpaired) electrons. The highest BCUT2D eigenvalue weighted by Crippen LogP contribution is 2.25. The molecule has 20 heavy (non-hydrogen) atoms. The highest BCUT2D eigenvalue weighted by Gasteiger charge is 2.04. The third kappa shape index (κ3) is 6.22. The van der Waals surface area contributed by atoms with Gasteiger partial charge in [0.2, 0.25) is 0 Å². The summed E-state index contributed by atoms with van der Waals surface area (Å²) >= 11 is 0. The van der Waals surface area contributed by atoms with E-state index >= 15 is 0 Å². The van der Waals surface area contributed by atoms with E-state index in [0.29, 0.717) is 13.2 Å². The second-order valence-corrected chi connectivity index (χ2v) is 4.76. The summed E-state index contributed by atoms with van der Waals surface area (Å²) in [6, 6.07) is 8.16. The number of hydrogen-bond acceptors (Lipinski definition) is 3. The van der Waals surface area contributed by atoms with Gasteiger partial charge in [-0.2, -0.15) is 0 Å². The lowest BCUT2D eigenvalue weighted by Crippen LogP contribution is -2.15. The lowest BCUT2D eigenvalue weighted by Gasteiger charge is -2.11. The van der Waals surface area contributed by atoms with Gasteiger partial charge in [-0.3, -0.25) is 0 Å². The smallest absolute Gasteiger partial charge is 0.126 e. The van der Waals surface area contributed by atoms with E-state index in [0.717, 1.165) is 25.3 Å². The molecule has 0 spiro atoms. The molecule has 0 heterocycles. The molecular weight excluding hydrogens is 250 g/mol. The van der Waals surface area contributed by atoms with E-state index < -0.39 is 0 Å². The number of ether oxygens (including phenoxy) is 2. The number of hydrogen-bond donors (Lipinski definition) is 1. The summed E-state index contributed by atoms with van der Waals surface area (Å²) in [6.07, 6.45) is 4.48. The zero-order valence-corrected chi connectivity index (χ0v) is 12.9. The predicted molar refractivity (Wildman–Crippen MR) is 85.2 cm³/mol. The van der Waals surface area contributed by atoms with Gasteiger partial charge in [-0.25, -0.2) is 0 Å². The van der Waals surface area contributed by atoms with E-state index in [2.05, 4.69) is 31.3 Å². The Morgan fingerprint density at radius 1 is 1.20 bits per heavy atom. The third-order valence-electron chi connectivity index (χ3n) is 3.06. The molecule has 0 bridgehead atoms. The van der Waals surface area contributed by atoms with Crippen molar-refractivity contribution in [2.24, 2.45) is 0 Å². The van der Waals surface area contributed by atoms with Crippen molar-refractivity contribution < 1.29 is 9.47 Å². The quantitative estimate of drug-likeness (QED) is 0.664. The summed E-state index contributed by atoms with van der Waals surface area (Å²) in [5.74, 6) is 0.930. The van der Waals surface area contributed by atoms with Crippen LogP contribution < -0.4 is 10.1 Å². The fourth-order valence-electron chi connectivity index (χ4n) is 1.96. The van der Waals surface area contributed by atoms with Crippen molar-refractivity contribution >= 4 is 5.57 Å². The average Bonchev–Trinajstić information content (AvgIpc) is 2.47. The topological polar surface area (TPSA) is 30.5 Å². The highest BCUT2D eigenvalue weighted by atomic mass is 16.5. The van der Waals surface area contributed by atoms with Gasteiger partial charge in [-0.1, -0.05) is 31.2 Å². The molecule has 1 rings (SSSR count). The summed E-state index contributed by atoms with van der Waals surface area (Å²) in [6.45, 7) is 7.62. The van der Waals surface area contributed by atoms with Crippen LogP contribution >= 0.6 is 0 Å².